The summed E-state index contributed by atoms with van der Waals surface area (Å²) < 4.78 is 5.34. The zero-order valence-corrected chi connectivity index (χ0v) is 14.9. The van der Waals surface area contributed by atoms with Crippen molar-refractivity contribution in [3.63, 3.8) is 0 Å². The van der Waals surface area contributed by atoms with E-state index in [0.717, 1.165) is 12.1 Å². The lowest BCUT2D eigenvalue weighted by Gasteiger charge is -2.38. The van der Waals surface area contributed by atoms with E-state index in [4.69, 9.17) is 33.2 Å². The molecule has 2 aliphatic rings. The number of hydrogen-bond donors (Lipinski definition) is 1. The Hall–Kier alpha value is -2.15. The second kappa shape index (κ2) is 6.63. The second-order valence-corrected chi connectivity index (χ2v) is 7.10. The molecule has 0 saturated heterocycles. The van der Waals surface area contributed by atoms with Gasteiger partial charge in [0.15, 0.2) is 6.61 Å². The Morgan fingerprint density at radius 2 is 1.96 bits per heavy atom. The third-order valence-corrected chi connectivity index (χ3v) is 5.77. The monoisotopic (exact) mass is 370 g/mol. The molecule has 0 saturated carbocycles. The molecule has 0 unspecified atom stereocenters. The summed E-state index contributed by atoms with van der Waals surface area (Å²) in [5, 5.41) is 13.4. The first-order valence-electron chi connectivity index (χ1n) is 8.20. The van der Waals surface area contributed by atoms with Gasteiger partial charge in [-0.15, -0.1) is 0 Å². The fraction of sp³-hybridized carbons (Fsp3) is 0.250. The lowest BCUT2D eigenvalue weighted by molar-refractivity contribution is 0.367. The summed E-state index contributed by atoms with van der Waals surface area (Å²) in [5.41, 5.74) is 3.31. The Morgan fingerprint density at radius 3 is 2.72 bits per heavy atom. The Bertz CT molecular complexity index is 871. The van der Waals surface area contributed by atoms with Crippen LogP contribution in [0, 0.1) is 17.2 Å². The largest absolute Gasteiger partial charge is 0.479 e. The predicted molar refractivity (Wildman–Crippen MR) is 100 cm³/mol. The van der Waals surface area contributed by atoms with Crippen LogP contribution in [0.1, 0.15) is 29.5 Å². The second-order valence-electron chi connectivity index (χ2n) is 6.32. The minimum absolute atomic E-state index is 0.0527. The number of benzene rings is 2. The zero-order valence-electron chi connectivity index (χ0n) is 13.4. The molecule has 1 N–H and O–H groups in total. The van der Waals surface area contributed by atoms with Crippen LogP contribution in [-0.2, 0) is 0 Å². The van der Waals surface area contributed by atoms with Crippen LogP contribution in [0.5, 0.6) is 5.75 Å². The topological polar surface area (TPSA) is 45.0 Å². The van der Waals surface area contributed by atoms with Crippen molar-refractivity contribution in [3.8, 4) is 11.8 Å². The molecule has 0 fully saturated rings. The van der Waals surface area contributed by atoms with Gasteiger partial charge >= 0.3 is 0 Å². The number of fused-ring (bicyclic) bond motifs is 3. The number of hydrogen-bond acceptors (Lipinski definition) is 3. The van der Waals surface area contributed by atoms with Gasteiger partial charge < -0.3 is 10.1 Å². The average molecular weight is 371 g/mol. The molecule has 1 aliphatic heterocycles. The SMILES string of the molecule is N#CCOc1ccc([C@@H]2Nc3c(ccc(Cl)c3Cl)[C@H]3C=CC[C@H]32)cc1. The van der Waals surface area contributed by atoms with E-state index in [9.17, 15) is 0 Å². The summed E-state index contributed by atoms with van der Waals surface area (Å²) in [6.07, 6.45) is 5.53. The zero-order chi connectivity index (χ0) is 17.4. The lowest BCUT2D eigenvalue weighted by Crippen LogP contribution is -2.29. The van der Waals surface area contributed by atoms with Gasteiger partial charge in [-0.3, -0.25) is 0 Å². The number of nitriles is 1. The molecule has 0 aromatic heterocycles. The van der Waals surface area contributed by atoms with Crippen LogP contribution in [-0.4, -0.2) is 6.61 Å². The summed E-state index contributed by atoms with van der Waals surface area (Å²) in [7, 11) is 0. The van der Waals surface area contributed by atoms with E-state index in [1.165, 1.54) is 11.1 Å². The normalized spacial score (nSPS) is 23.3. The highest BCUT2D eigenvalue weighted by Crippen LogP contribution is 2.52. The quantitative estimate of drug-likeness (QED) is 0.702. The molecule has 0 radical (unpaired) electrons. The summed E-state index contributed by atoms with van der Waals surface area (Å²) in [4.78, 5) is 0. The summed E-state index contributed by atoms with van der Waals surface area (Å²) >= 11 is 12.7. The Labute approximate surface area is 156 Å². The molecular formula is C20H16Cl2N2O. The fourth-order valence-corrected chi connectivity index (χ4v) is 4.20. The molecule has 5 heteroatoms. The minimum Gasteiger partial charge on any atom is -0.479 e. The van der Waals surface area contributed by atoms with Gasteiger partial charge in [-0.05, 0) is 41.7 Å². The van der Waals surface area contributed by atoms with Gasteiger partial charge in [0.05, 0.1) is 21.8 Å². The molecule has 3 atom stereocenters. The number of rotatable bonds is 3. The van der Waals surface area contributed by atoms with Crippen molar-refractivity contribution in [2.45, 2.75) is 18.4 Å². The van der Waals surface area contributed by atoms with Crippen LogP contribution in [0.25, 0.3) is 0 Å². The van der Waals surface area contributed by atoms with E-state index >= 15 is 0 Å². The maximum atomic E-state index is 8.61. The van der Waals surface area contributed by atoms with E-state index in [2.05, 4.69) is 23.5 Å². The van der Waals surface area contributed by atoms with Gasteiger partial charge in [0.25, 0.3) is 0 Å². The van der Waals surface area contributed by atoms with Gasteiger partial charge in [0.2, 0.25) is 0 Å². The van der Waals surface area contributed by atoms with E-state index in [1.807, 2.05) is 36.4 Å². The first-order valence-corrected chi connectivity index (χ1v) is 8.95. The Morgan fingerprint density at radius 1 is 1.16 bits per heavy atom. The molecular weight excluding hydrogens is 355 g/mol. The highest BCUT2D eigenvalue weighted by atomic mass is 35.5. The number of ether oxygens (including phenoxy) is 1. The molecule has 2 aromatic carbocycles. The van der Waals surface area contributed by atoms with Crippen LogP contribution < -0.4 is 10.1 Å². The van der Waals surface area contributed by atoms with E-state index in [0.29, 0.717) is 27.6 Å². The highest BCUT2D eigenvalue weighted by Gasteiger charge is 2.38. The standard InChI is InChI=1S/C20H16Cl2N2O/c21-17-9-8-16-14-2-1-3-15(14)19(24-20(16)18(17)22)12-4-6-13(7-5-12)25-11-10-23/h1-2,4-9,14-15,19,24H,3,11H2/t14-,15+,19-/m0/s1. The molecule has 1 heterocycles. The maximum Gasteiger partial charge on any atom is 0.174 e. The van der Waals surface area contributed by atoms with E-state index < -0.39 is 0 Å². The maximum absolute atomic E-state index is 8.61. The van der Waals surface area contributed by atoms with Crippen LogP contribution in [0.4, 0.5) is 5.69 Å². The molecule has 3 nitrogen and oxygen atoms in total. The number of nitrogens with zero attached hydrogens (tertiary/aromatic N) is 1. The summed E-state index contributed by atoms with van der Waals surface area (Å²) in [5.74, 6) is 1.48. The van der Waals surface area contributed by atoms with Crippen molar-refractivity contribution in [2.24, 2.45) is 5.92 Å². The third kappa shape index (κ3) is 2.86. The van der Waals surface area contributed by atoms with E-state index in [-0.39, 0.29) is 12.6 Å². The van der Waals surface area contributed by atoms with Crippen LogP contribution >= 0.6 is 23.2 Å². The Kier molecular flexibility index (Phi) is 4.33. The molecule has 4 rings (SSSR count). The molecule has 25 heavy (non-hydrogen) atoms. The van der Waals surface area contributed by atoms with Crippen molar-refractivity contribution in [1.82, 2.24) is 0 Å². The summed E-state index contributed by atoms with van der Waals surface area (Å²) in [6, 6.07) is 14.0. The average Bonchev–Trinajstić information content (AvgIpc) is 3.13. The van der Waals surface area contributed by atoms with E-state index in [1.54, 1.807) is 0 Å². The number of halogens is 2. The molecule has 0 spiro atoms. The van der Waals surface area contributed by atoms with Gasteiger partial charge in [0, 0.05) is 5.92 Å². The van der Waals surface area contributed by atoms with Crippen LogP contribution in [0.15, 0.2) is 48.6 Å². The number of nitrogens with one attached hydrogen (secondary N) is 1. The van der Waals surface area contributed by atoms with Crippen molar-refractivity contribution >= 4 is 28.9 Å². The first-order chi connectivity index (χ1) is 12.2. The molecule has 2 aromatic rings. The number of anilines is 1. The molecule has 0 bridgehead atoms. The van der Waals surface area contributed by atoms with Crippen molar-refractivity contribution in [1.29, 1.82) is 5.26 Å². The summed E-state index contributed by atoms with van der Waals surface area (Å²) in [6.45, 7) is 0.0527. The van der Waals surface area contributed by atoms with Crippen LogP contribution in [0.3, 0.4) is 0 Å². The molecule has 0 amide bonds. The minimum atomic E-state index is 0.0527. The van der Waals surface area contributed by atoms with Crippen molar-refractivity contribution < 1.29 is 4.74 Å². The molecule has 1 aliphatic carbocycles. The van der Waals surface area contributed by atoms with Gasteiger partial charge in [-0.1, -0.05) is 53.6 Å². The third-order valence-electron chi connectivity index (χ3n) is 4.97. The highest BCUT2D eigenvalue weighted by molar-refractivity contribution is 6.43. The number of allylic oxidation sites excluding steroid dienone is 2. The Balaban J connectivity index is 1.69. The fourth-order valence-electron chi connectivity index (χ4n) is 3.82. The predicted octanol–water partition coefficient (Wildman–Crippen LogP) is 5.72. The van der Waals surface area contributed by atoms with Gasteiger partial charge in [-0.25, -0.2) is 0 Å². The van der Waals surface area contributed by atoms with Crippen molar-refractivity contribution in [3.05, 3.63) is 69.7 Å². The first kappa shape index (κ1) is 16.3. The van der Waals surface area contributed by atoms with Gasteiger partial charge in [0.1, 0.15) is 11.8 Å². The van der Waals surface area contributed by atoms with Crippen LogP contribution in [0.2, 0.25) is 10.0 Å². The lowest BCUT2D eigenvalue weighted by atomic mass is 9.77. The smallest absolute Gasteiger partial charge is 0.174 e. The van der Waals surface area contributed by atoms with Gasteiger partial charge in [-0.2, -0.15) is 5.26 Å². The molecule has 126 valence electrons. The van der Waals surface area contributed by atoms with Crippen molar-refractivity contribution in [2.75, 3.05) is 11.9 Å².